The zero-order valence-electron chi connectivity index (χ0n) is 13.4. The van der Waals surface area contributed by atoms with Gasteiger partial charge in [0.05, 0.1) is 17.3 Å². The van der Waals surface area contributed by atoms with E-state index in [0.29, 0.717) is 6.42 Å². The van der Waals surface area contributed by atoms with Crippen molar-refractivity contribution >= 4 is 21.7 Å². The van der Waals surface area contributed by atoms with Gasteiger partial charge in [0.2, 0.25) is 0 Å². The number of ether oxygens (including phenoxy) is 1. The SMILES string of the molecule is C=CCCC(NC(=O)c1ccc(S(=O)(=O)CCOC)cc1)C(=O)O. The van der Waals surface area contributed by atoms with Gasteiger partial charge in [0.1, 0.15) is 6.04 Å². The molecule has 0 fully saturated rings. The van der Waals surface area contributed by atoms with E-state index in [1.165, 1.54) is 31.4 Å². The molecule has 1 rings (SSSR count). The third-order valence-electron chi connectivity index (χ3n) is 3.29. The largest absolute Gasteiger partial charge is 0.480 e. The minimum absolute atomic E-state index is 0.0775. The number of carbonyl (C=O) groups excluding carboxylic acids is 1. The Labute approximate surface area is 141 Å². The summed E-state index contributed by atoms with van der Waals surface area (Å²) in [6.45, 7) is 3.59. The number of hydrogen-bond donors (Lipinski definition) is 2. The Kier molecular flexibility index (Phi) is 7.60. The maximum Gasteiger partial charge on any atom is 0.326 e. The number of aliphatic carboxylic acids is 1. The highest BCUT2D eigenvalue weighted by molar-refractivity contribution is 7.91. The van der Waals surface area contributed by atoms with Crippen molar-refractivity contribution in [2.45, 2.75) is 23.8 Å². The molecule has 0 saturated heterocycles. The van der Waals surface area contributed by atoms with Crippen LogP contribution in [0.3, 0.4) is 0 Å². The van der Waals surface area contributed by atoms with Crippen molar-refractivity contribution in [1.82, 2.24) is 5.32 Å². The number of carboxylic acid groups (broad SMARTS) is 1. The molecule has 8 heteroatoms. The molecule has 1 amide bonds. The third-order valence-corrected chi connectivity index (χ3v) is 4.99. The van der Waals surface area contributed by atoms with Gasteiger partial charge in [-0.3, -0.25) is 4.79 Å². The van der Waals surface area contributed by atoms with Gasteiger partial charge in [-0.1, -0.05) is 6.08 Å². The van der Waals surface area contributed by atoms with Crippen LogP contribution in [0.2, 0.25) is 0 Å². The Morgan fingerprint density at radius 2 is 1.96 bits per heavy atom. The fourth-order valence-electron chi connectivity index (χ4n) is 1.91. The van der Waals surface area contributed by atoms with E-state index in [1.807, 2.05) is 0 Å². The van der Waals surface area contributed by atoms with E-state index in [1.54, 1.807) is 6.08 Å². The number of allylic oxidation sites excluding steroid dienone is 1. The topological polar surface area (TPSA) is 110 Å². The fraction of sp³-hybridized carbons (Fsp3) is 0.375. The summed E-state index contributed by atoms with van der Waals surface area (Å²) in [4.78, 5) is 23.3. The van der Waals surface area contributed by atoms with E-state index in [-0.39, 0.29) is 29.2 Å². The smallest absolute Gasteiger partial charge is 0.326 e. The Bertz CT molecular complexity index is 681. The predicted molar refractivity (Wildman–Crippen MR) is 88.7 cm³/mol. The molecule has 0 heterocycles. The lowest BCUT2D eigenvalue weighted by atomic mass is 10.1. The molecule has 0 aliphatic carbocycles. The molecule has 0 aliphatic rings. The average Bonchev–Trinajstić information content (AvgIpc) is 2.56. The lowest BCUT2D eigenvalue weighted by Gasteiger charge is -2.13. The molecular weight excluding hydrogens is 334 g/mol. The Balaban J connectivity index is 2.82. The van der Waals surface area contributed by atoms with Crippen molar-refractivity contribution in [3.05, 3.63) is 42.5 Å². The second kappa shape index (κ2) is 9.19. The predicted octanol–water partition coefficient (Wildman–Crippen LogP) is 1.26. The van der Waals surface area contributed by atoms with Crippen LogP contribution in [0.25, 0.3) is 0 Å². The van der Waals surface area contributed by atoms with Crippen LogP contribution in [0.5, 0.6) is 0 Å². The standard InChI is InChI=1S/C16H21NO6S/c1-3-4-5-14(16(19)20)17-15(18)12-6-8-13(9-7-12)24(21,22)11-10-23-2/h3,6-9,14H,1,4-5,10-11H2,2H3,(H,17,18)(H,19,20). The lowest BCUT2D eigenvalue weighted by molar-refractivity contribution is -0.139. The van der Waals surface area contributed by atoms with E-state index in [0.717, 1.165) is 0 Å². The molecule has 24 heavy (non-hydrogen) atoms. The van der Waals surface area contributed by atoms with Crippen molar-refractivity contribution in [2.24, 2.45) is 0 Å². The molecule has 2 N–H and O–H groups in total. The molecule has 0 saturated carbocycles. The highest BCUT2D eigenvalue weighted by Crippen LogP contribution is 2.13. The molecule has 0 radical (unpaired) electrons. The zero-order chi connectivity index (χ0) is 18.2. The van der Waals surface area contributed by atoms with Crippen molar-refractivity contribution < 1.29 is 27.9 Å². The van der Waals surface area contributed by atoms with Crippen molar-refractivity contribution in [3.63, 3.8) is 0 Å². The maximum absolute atomic E-state index is 12.1. The maximum atomic E-state index is 12.1. The number of hydrogen-bond acceptors (Lipinski definition) is 5. The summed E-state index contributed by atoms with van der Waals surface area (Å²) in [6.07, 6.45) is 2.25. The first-order valence-electron chi connectivity index (χ1n) is 7.28. The summed E-state index contributed by atoms with van der Waals surface area (Å²) in [6, 6.07) is 4.31. The normalized spacial score (nSPS) is 12.4. The molecule has 1 aromatic rings. The second-order valence-corrected chi connectivity index (χ2v) is 7.18. The quantitative estimate of drug-likeness (QED) is 0.611. The Morgan fingerprint density at radius 3 is 2.46 bits per heavy atom. The van der Waals surface area contributed by atoms with Crippen LogP contribution in [-0.4, -0.2) is 50.9 Å². The van der Waals surface area contributed by atoms with E-state index in [4.69, 9.17) is 9.84 Å². The number of methoxy groups -OCH3 is 1. The van der Waals surface area contributed by atoms with Gasteiger partial charge in [-0.2, -0.15) is 0 Å². The number of sulfone groups is 1. The first-order chi connectivity index (χ1) is 11.3. The molecule has 1 unspecified atom stereocenters. The van der Waals surface area contributed by atoms with Gasteiger partial charge in [0, 0.05) is 12.7 Å². The van der Waals surface area contributed by atoms with Crippen LogP contribution in [0.4, 0.5) is 0 Å². The Hall–Kier alpha value is -2.19. The second-order valence-electron chi connectivity index (χ2n) is 5.07. The van der Waals surface area contributed by atoms with Crippen LogP contribution < -0.4 is 5.32 Å². The van der Waals surface area contributed by atoms with Crippen molar-refractivity contribution in [1.29, 1.82) is 0 Å². The minimum atomic E-state index is -3.48. The molecular formula is C16H21NO6S. The van der Waals surface area contributed by atoms with Crippen molar-refractivity contribution in [3.8, 4) is 0 Å². The average molecular weight is 355 g/mol. The molecule has 0 spiro atoms. The fourth-order valence-corrected chi connectivity index (χ4v) is 3.08. The van der Waals surface area contributed by atoms with Crippen molar-refractivity contribution in [2.75, 3.05) is 19.5 Å². The number of benzene rings is 1. The third kappa shape index (κ3) is 5.78. The molecule has 0 aromatic heterocycles. The molecule has 0 aliphatic heterocycles. The summed E-state index contributed by atoms with van der Waals surface area (Å²) in [7, 11) is -2.06. The number of nitrogens with one attached hydrogen (secondary N) is 1. The van der Waals surface area contributed by atoms with E-state index in [2.05, 4.69) is 11.9 Å². The highest BCUT2D eigenvalue weighted by Gasteiger charge is 2.20. The summed E-state index contributed by atoms with van der Waals surface area (Å²) < 4.78 is 28.7. The Morgan fingerprint density at radius 1 is 1.33 bits per heavy atom. The molecule has 1 atom stereocenters. The van der Waals surface area contributed by atoms with Crippen LogP contribution in [0.15, 0.2) is 41.8 Å². The molecule has 1 aromatic carbocycles. The molecule has 7 nitrogen and oxygen atoms in total. The van der Waals surface area contributed by atoms with Gasteiger partial charge in [-0.05, 0) is 37.1 Å². The first kappa shape index (κ1) is 19.9. The summed E-state index contributed by atoms with van der Waals surface area (Å²) in [5, 5.41) is 11.5. The zero-order valence-corrected chi connectivity index (χ0v) is 14.2. The van der Waals surface area contributed by atoms with Gasteiger partial charge < -0.3 is 15.2 Å². The molecule has 0 bridgehead atoms. The van der Waals surface area contributed by atoms with Crippen LogP contribution >= 0.6 is 0 Å². The first-order valence-corrected chi connectivity index (χ1v) is 8.93. The van der Waals surface area contributed by atoms with Crippen LogP contribution in [0.1, 0.15) is 23.2 Å². The minimum Gasteiger partial charge on any atom is -0.480 e. The van der Waals surface area contributed by atoms with E-state index >= 15 is 0 Å². The summed E-state index contributed by atoms with van der Waals surface area (Å²) in [5.41, 5.74) is 0.186. The monoisotopic (exact) mass is 355 g/mol. The number of amides is 1. The van der Waals surface area contributed by atoms with Gasteiger partial charge in [0.25, 0.3) is 5.91 Å². The van der Waals surface area contributed by atoms with Crippen LogP contribution in [-0.2, 0) is 19.4 Å². The van der Waals surface area contributed by atoms with Gasteiger partial charge in [-0.25, -0.2) is 13.2 Å². The number of carboxylic acids is 1. The van der Waals surface area contributed by atoms with Gasteiger partial charge >= 0.3 is 5.97 Å². The van der Waals surface area contributed by atoms with E-state index < -0.39 is 27.8 Å². The number of carbonyl (C=O) groups is 2. The summed E-state index contributed by atoms with van der Waals surface area (Å²) >= 11 is 0. The van der Waals surface area contributed by atoms with E-state index in [9.17, 15) is 18.0 Å². The number of rotatable bonds is 10. The van der Waals surface area contributed by atoms with Crippen LogP contribution in [0, 0.1) is 0 Å². The highest BCUT2D eigenvalue weighted by atomic mass is 32.2. The lowest BCUT2D eigenvalue weighted by Crippen LogP contribution is -2.40. The van der Waals surface area contributed by atoms with Gasteiger partial charge in [-0.15, -0.1) is 6.58 Å². The van der Waals surface area contributed by atoms with Gasteiger partial charge in [0.15, 0.2) is 9.84 Å². The summed E-state index contributed by atoms with van der Waals surface area (Å²) in [5.74, 6) is -1.87. The molecule has 132 valence electrons.